The van der Waals surface area contributed by atoms with E-state index in [1.54, 1.807) is 12.1 Å². The number of benzene rings is 1. The summed E-state index contributed by atoms with van der Waals surface area (Å²) in [4.78, 5) is 0. The minimum absolute atomic E-state index is 0.146. The van der Waals surface area contributed by atoms with Gasteiger partial charge < -0.3 is 5.32 Å². The van der Waals surface area contributed by atoms with Gasteiger partial charge >= 0.3 is 0 Å². The Kier molecular flexibility index (Phi) is 4.41. The lowest BCUT2D eigenvalue weighted by Crippen LogP contribution is -2.34. The van der Waals surface area contributed by atoms with E-state index in [2.05, 4.69) is 5.32 Å². The molecule has 3 heteroatoms. The van der Waals surface area contributed by atoms with Crippen LogP contribution in [-0.2, 0) is 6.42 Å². The number of rotatable bonds is 4. The van der Waals surface area contributed by atoms with Crippen LogP contribution in [0.5, 0.6) is 0 Å². The molecule has 1 aliphatic carbocycles. The third-order valence-corrected chi connectivity index (χ3v) is 4.02. The molecule has 1 saturated carbocycles. The molecule has 1 aromatic rings. The topological polar surface area (TPSA) is 12.0 Å². The van der Waals surface area contributed by atoms with Crippen molar-refractivity contribution >= 4 is 11.6 Å². The highest BCUT2D eigenvalue weighted by Gasteiger charge is 2.24. The number of nitrogens with one attached hydrogen (secondary N) is 1. The van der Waals surface area contributed by atoms with Gasteiger partial charge in [-0.3, -0.25) is 0 Å². The van der Waals surface area contributed by atoms with Crippen molar-refractivity contribution in [1.29, 1.82) is 0 Å². The number of hydrogen-bond donors (Lipinski definition) is 1. The molecule has 1 atom stereocenters. The normalized spacial score (nSPS) is 18.5. The maximum Gasteiger partial charge on any atom is 0.126 e. The van der Waals surface area contributed by atoms with Gasteiger partial charge in [0.05, 0.1) is 0 Å². The molecule has 0 aliphatic heterocycles. The first kappa shape index (κ1) is 12.8. The average Bonchev–Trinajstić information content (AvgIpc) is 2.84. The summed E-state index contributed by atoms with van der Waals surface area (Å²) in [6.45, 7) is 0. The van der Waals surface area contributed by atoms with E-state index in [1.165, 1.54) is 31.7 Å². The lowest BCUT2D eigenvalue weighted by atomic mass is 9.92. The first-order valence-corrected chi connectivity index (χ1v) is 6.69. The summed E-state index contributed by atoms with van der Waals surface area (Å²) in [6, 6.07) is 5.17. The molecule has 1 aliphatic rings. The van der Waals surface area contributed by atoms with E-state index in [0.717, 1.165) is 12.0 Å². The molecule has 1 nitrogen and oxygen atoms in total. The van der Waals surface area contributed by atoms with E-state index >= 15 is 0 Å². The fourth-order valence-electron chi connectivity index (χ4n) is 2.80. The van der Waals surface area contributed by atoms with Gasteiger partial charge in [0.15, 0.2) is 0 Å². The second kappa shape index (κ2) is 5.83. The van der Waals surface area contributed by atoms with Gasteiger partial charge in [-0.2, -0.15) is 0 Å². The maximum atomic E-state index is 13.7. The Bertz CT molecular complexity index is 374. The van der Waals surface area contributed by atoms with Gasteiger partial charge in [-0.25, -0.2) is 4.39 Å². The van der Waals surface area contributed by atoms with Crippen LogP contribution in [0, 0.1) is 11.7 Å². The lowest BCUT2D eigenvalue weighted by Gasteiger charge is -2.23. The van der Waals surface area contributed by atoms with E-state index in [9.17, 15) is 4.39 Å². The van der Waals surface area contributed by atoms with Gasteiger partial charge in [-0.1, -0.05) is 24.4 Å². The highest BCUT2D eigenvalue weighted by atomic mass is 35.5. The second-order valence-electron chi connectivity index (χ2n) is 4.88. The predicted octanol–water partition coefficient (Wildman–Crippen LogP) is 3.80. The Hall–Kier alpha value is -0.600. The number of halogens is 2. The standard InChI is InChI=1S/C14H19ClFN/c1-17-14(10-4-2-3-5-10)9-11-8-12(15)6-7-13(11)16/h6-8,10,14,17H,2-5,9H2,1H3. The van der Waals surface area contributed by atoms with Crippen LogP contribution in [0.2, 0.25) is 5.02 Å². The van der Waals surface area contributed by atoms with E-state index < -0.39 is 0 Å². The molecule has 0 amide bonds. The molecule has 94 valence electrons. The molecule has 0 aromatic heterocycles. The Labute approximate surface area is 107 Å². The molecular weight excluding hydrogens is 237 g/mol. The zero-order valence-electron chi connectivity index (χ0n) is 10.2. The Morgan fingerprint density at radius 1 is 1.41 bits per heavy atom. The third kappa shape index (κ3) is 3.20. The molecule has 1 N–H and O–H groups in total. The van der Waals surface area contributed by atoms with Crippen molar-refractivity contribution < 1.29 is 4.39 Å². The van der Waals surface area contributed by atoms with Gasteiger partial charge in [-0.05, 0) is 56.0 Å². The van der Waals surface area contributed by atoms with Gasteiger partial charge in [0.2, 0.25) is 0 Å². The zero-order chi connectivity index (χ0) is 12.3. The van der Waals surface area contributed by atoms with E-state index in [4.69, 9.17) is 11.6 Å². The molecule has 17 heavy (non-hydrogen) atoms. The Morgan fingerprint density at radius 3 is 2.76 bits per heavy atom. The van der Waals surface area contributed by atoms with Crippen molar-refractivity contribution in [2.75, 3.05) is 7.05 Å². The van der Waals surface area contributed by atoms with Crippen molar-refractivity contribution in [3.63, 3.8) is 0 Å². The molecule has 0 radical (unpaired) electrons. The van der Waals surface area contributed by atoms with Crippen molar-refractivity contribution in [2.24, 2.45) is 5.92 Å². The van der Waals surface area contributed by atoms with E-state index in [0.29, 0.717) is 17.0 Å². The number of likely N-dealkylation sites (N-methyl/N-ethyl adjacent to an activating group) is 1. The highest BCUT2D eigenvalue weighted by Crippen LogP contribution is 2.29. The second-order valence-corrected chi connectivity index (χ2v) is 5.32. The molecule has 1 aromatic carbocycles. The van der Waals surface area contributed by atoms with Crippen LogP contribution in [0.1, 0.15) is 31.2 Å². The molecule has 2 rings (SSSR count). The van der Waals surface area contributed by atoms with Crippen LogP contribution >= 0.6 is 11.6 Å². The van der Waals surface area contributed by atoms with Gasteiger partial charge in [0.25, 0.3) is 0 Å². The monoisotopic (exact) mass is 255 g/mol. The summed E-state index contributed by atoms with van der Waals surface area (Å²) in [5, 5.41) is 3.94. The summed E-state index contributed by atoms with van der Waals surface area (Å²) in [6.07, 6.45) is 5.86. The van der Waals surface area contributed by atoms with Crippen LogP contribution in [0.4, 0.5) is 4.39 Å². The largest absolute Gasteiger partial charge is 0.316 e. The zero-order valence-corrected chi connectivity index (χ0v) is 10.9. The van der Waals surface area contributed by atoms with Crippen LogP contribution in [0.25, 0.3) is 0 Å². The summed E-state index contributed by atoms with van der Waals surface area (Å²) < 4.78 is 13.7. The van der Waals surface area contributed by atoms with Crippen LogP contribution in [0.15, 0.2) is 18.2 Å². The van der Waals surface area contributed by atoms with E-state index in [1.807, 2.05) is 7.05 Å². The maximum absolute atomic E-state index is 13.7. The molecule has 1 fully saturated rings. The van der Waals surface area contributed by atoms with E-state index in [-0.39, 0.29) is 5.82 Å². The molecule has 0 saturated heterocycles. The quantitative estimate of drug-likeness (QED) is 0.863. The first-order chi connectivity index (χ1) is 8.20. The predicted molar refractivity (Wildman–Crippen MR) is 69.9 cm³/mol. The minimum Gasteiger partial charge on any atom is -0.316 e. The van der Waals surface area contributed by atoms with Crippen LogP contribution in [-0.4, -0.2) is 13.1 Å². The molecule has 0 spiro atoms. The summed E-state index contributed by atoms with van der Waals surface area (Å²) in [5.74, 6) is 0.533. The molecule has 0 heterocycles. The summed E-state index contributed by atoms with van der Waals surface area (Å²) in [7, 11) is 1.96. The molecular formula is C14H19ClFN. The minimum atomic E-state index is -0.146. The van der Waals surface area contributed by atoms with Crippen molar-refractivity contribution in [3.05, 3.63) is 34.6 Å². The van der Waals surface area contributed by atoms with Crippen LogP contribution < -0.4 is 5.32 Å². The molecule has 1 unspecified atom stereocenters. The highest BCUT2D eigenvalue weighted by molar-refractivity contribution is 6.30. The fourth-order valence-corrected chi connectivity index (χ4v) is 3.00. The van der Waals surface area contributed by atoms with Gasteiger partial charge in [0.1, 0.15) is 5.82 Å². The van der Waals surface area contributed by atoms with Crippen molar-refractivity contribution in [2.45, 2.75) is 38.1 Å². The first-order valence-electron chi connectivity index (χ1n) is 6.32. The van der Waals surface area contributed by atoms with Crippen LogP contribution in [0.3, 0.4) is 0 Å². The summed E-state index contributed by atoms with van der Waals surface area (Å²) in [5.41, 5.74) is 0.726. The van der Waals surface area contributed by atoms with Gasteiger partial charge in [0, 0.05) is 11.1 Å². The lowest BCUT2D eigenvalue weighted by molar-refractivity contribution is 0.373. The molecule has 0 bridgehead atoms. The van der Waals surface area contributed by atoms with Crippen molar-refractivity contribution in [3.8, 4) is 0 Å². The van der Waals surface area contributed by atoms with Crippen molar-refractivity contribution in [1.82, 2.24) is 5.32 Å². The smallest absolute Gasteiger partial charge is 0.126 e. The Morgan fingerprint density at radius 2 is 2.12 bits per heavy atom. The SMILES string of the molecule is CNC(Cc1cc(Cl)ccc1F)C1CCCC1. The average molecular weight is 256 g/mol. The Balaban J connectivity index is 2.09. The van der Waals surface area contributed by atoms with Gasteiger partial charge in [-0.15, -0.1) is 0 Å². The summed E-state index contributed by atoms with van der Waals surface area (Å²) >= 11 is 5.92. The number of hydrogen-bond acceptors (Lipinski definition) is 1. The fraction of sp³-hybridized carbons (Fsp3) is 0.571. The third-order valence-electron chi connectivity index (χ3n) is 3.79.